The molecule has 8 nitrogen and oxygen atoms in total. The Balaban J connectivity index is 1.73. The summed E-state index contributed by atoms with van der Waals surface area (Å²) in [6.45, 7) is 5.99. The smallest absolute Gasteiger partial charge is 0.291 e. The van der Waals surface area contributed by atoms with Gasteiger partial charge in [-0.05, 0) is 19.1 Å². The van der Waals surface area contributed by atoms with E-state index in [1.165, 1.54) is 12.0 Å². The first-order valence-corrected chi connectivity index (χ1v) is 11.5. The summed E-state index contributed by atoms with van der Waals surface area (Å²) in [5.74, 6) is -1.75. The lowest BCUT2D eigenvalue weighted by Gasteiger charge is -2.30. The first kappa shape index (κ1) is 23.9. The summed E-state index contributed by atoms with van der Waals surface area (Å²) in [5, 5.41) is 0. The van der Waals surface area contributed by atoms with Gasteiger partial charge < -0.3 is 24.0 Å². The maximum Gasteiger partial charge on any atom is 0.291 e. The number of morpholine rings is 1. The molecule has 2 saturated heterocycles. The van der Waals surface area contributed by atoms with Gasteiger partial charge >= 0.3 is 0 Å². The minimum Gasteiger partial charge on any atom is -0.497 e. The van der Waals surface area contributed by atoms with Crippen LogP contribution >= 0.6 is 0 Å². The Labute approximate surface area is 199 Å². The van der Waals surface area contributed by atoms with Gasteiger partial charge in [-0.3, -0.25) is 14.4 Å². The van der Waals surface area contributed by atoms with Crippen LogP contribution in [0, 0.1) is 12.8 Å². The largest absolute Gasteiger partial charge is 0.497 e. The number of hydrogen-bond donors (Lipinski definition) is 1. The molecule has 2 aromatic carbocycles. The quantitative estimate of drug-likeness (QED) is 0.352. The fraction of sp³-hybridized carbons (Fsp3) is 0.423. The number of carbonyl (C=O) groups is 3. The third-order valence-corrected chi connectivity index (χ3v) is 6.69. The van der Waals surface area contributed by atoms with Crippen LogP contribution in [0.2, 0.25) is 0 Å². The number of carbonyl (C=O) groups excluding carboxylic acids is 3. The van der Waals surface area contributed by atoms with Crippen molar-refractivity contribution in [1.29, 1.82) is 0 Å². The monoisotopic (exact) mass is 467 g/mol. The van der Waals surface area contributed by atoms with Crippen molar-refractivity contribution in [2.75, 3.05) is 53.6 Å². The third kappa shape index (κ3) is 4.69. The number of amides is 1. The summed E-state index contributed by atoms with van der Waals surface area (Å²) in [6, 6.07) is 11.6. The predicted octanol–water partition coefficient (Wildman–Crippen LogP) is 0.879. The average molecular weight is 468 g/mol. The molecule has 2 aromatic rings. The lowest BCUT2D eigenvalue weighted by Crippen LogP contribution is -3.14. The molecular weight excluding hydrogens is 436 g/mol. The molecule has 0 bridgehead atoms. The molecule has 8 heteroatoms. The van der Waals surface area contributed by atoms with E-state index >= 15 is 0 Å². The predicted molar refractivity (Wildman–Crippen MR) is 124 cm³/mol. The zero-order chi connectivity index (χ0) is 24.2. The van der Waals surface area contributed by atoms with Crippen LogP contribution < -0.4 is 14.4 Å². The number of ether oxygens (including phenoxy) is 3. The van der Waals surface area contributed by atoms with Gasteiger partial charge in [0.05, 0.1) is 46.6 Å². The Morgan fingerprint density at radius 3 is 2.41 bits per heavy atom. The van der Waals surface area contributed by atoms with Crippen molar-refractivity contribution in [3.63, 3.8) is 0 Å². The van der Waals surface area contributed by atoms with Crippen LogP contribution in [-0.4, -0.2) is 76.0 Å². The van der Waals surface area contributed by atoms with E-state index in [1.807, 2.05) is 19.1 Å². The minimum absolute atomic E-state index is 0.359. The van der Waals surface area contributed by atoms with E-state index in [1.54, 1.807) is 42.3 Å². The molecule has 0 spiro atoms. The van der Waals surface area contributed by atoms with Gasteiger partial charge in [0.15, 0.2) is 5.78 Å². The fourth-order valence-corrected chi connectivity index (χ4v) is 4.72. The summed E-state index contributed by atoms with van der Waals surface area (Å²) in [6.07, 6.45) is 0. The molecule has 34 heavy (non-hydrogen) atoms. The van der Waals surface area contributed by atoms with E-state index in [4.69, 9.17) is 14.2 Å². The summed E-state index contributed by atoms with van der Waals surface area (Å²) in [5.41, 5.74) is 2.04. The first-order chi connectivity index (χ1) is 16.4. The van der Waals surface area contributed by atoms with Crippen LogP contribution in [0.25, 0.3) is 0 Å². The fourth-order valence-electron chi connectivity index (χ4n) is 4.72. The van der Waals surface area contributed by atoms with Crippen molar-refractivity contribution in [2.24, 2.45) is 5.92 Å². The number of hydrogen-bond acceptors (Lipinski definition) is 6. The molecule has 2 heterocycles. The molecule has 4 rings (SSSR count). The molecule has 2 fully saturated rings. The molecule has 0 aromatic heterocycles. The molecule has 180 valence electrons. The summed E-state index contributed by atoms with van der Waals surface area (Å²) in [7, 11) is 3.08. The number of rotatable bonds is 8. The highest BCUT2D eigenvalue weighted by Gasteiger charge is 2.52. The molecule has 0 radical (unpaired) electrons. The summed E-state index contributed by atoms with van der Waals surface area (Å²) < 4.78 is 16.3. The van der Waals surface area contributed by atoms with E-state index in [-0.39, 0.29) is 5.78 Å². The molecule has 1 N–H and O–H groups in total. The number of benzene rings is 2. The second-order valence-corrected chi connectivity index (χ2v) is 8.74. The standard InChI is InChI=1S/C26H30N2O6/c1-17-4-6-18(7-5-17)24(29)22-23(20-9-8-19(32-2)16-21(20)33-3)28(26(31)25(22)30)11-10-27-12-14-34-15-13-27/h4-9,16,22-23H,10-15H2,1-3H3/p+1. The van der Waals surface area contributed by atoms with Gasteiger partial charge in [0.1, 0.15) is 30.5 Å². The number of methoxy groups -OCH3 is 2. The molecular formula is C26H31N2O6+. The van der Waals surface area contributed by atoms with Crippen LogP contribution in [0.1, 0.15) is 27.5 Å². The number of quaternary nitrogens is 1. The van der Waals surface area contributed by atoms with Crippen molar-refractivity contribution in [2.45, 2.75) is 13.0 Å². The number of nitrogens with zero attached hydrogens (tertiary/aromatic N) is 1. The van der Waals surface area contributed by atoms with Gasteiger partial charge in [0.2, 0.25) is 5.78 Å². The SMILES string of the molecule is COc1ccc(C2C(C(=O)c3ccc(C)cc3)C(=O)C(=O)N2CC[NH+]2CCOCC2)c(OC)c1. The second-order valence-electron chi connectivity index (χ2n) is 8.74. The van der Waals surface area contributed by atoms with Crippen LogP contribution in [-0.2, 0) is 14.3 Å². The van der Waals surface area contributed by atoms with Crippen molar-refractivity contribution in [1.82, 2.24) is 4.90 Å². The van der Waals surface area contributed by atoms with Gasteiger partial charge in [-0.1, -0.05) is 29.8 Å². The number of ketones is 2. The van der Waals surface area contributed by atoms with E-state index in [0.717, 1.165) is 18.7 Å². The van der Waals surface area contributed by atoms with Crippen LogP contribution in [0.3, 0.4) is 0 Å². The van der Waals surface area contributed by atoms with E-state index < -0.39 is 23.7 Å². The van der Waals surface area contributed by atoms with Gasteiger partial charge in [-0.15, -0.1) is 0 Å². The molecule has 0 saturated carbocycles. The van der Waals surface area contributed by atoms with Crippen molar-refractivity contribution >= 4 is 17.5 Å². The highest BCUT2D eigenvalue weighted by Crippen LogP contribution is 2.42. The van der Waals surface area contributed by atoms with E-state index in [0.29, 0.717) is 48.9 Å². The van der Waals surface area contributed by atoms with Crippen molar-refractivity contribution in [3.05, 3.63) is 59.2 Å². The molecule has 2 aliphatic rings. The first-order valence-electron chi connectivity index (χ1n) is 11.5. The van der Waals surface area contributed by atoms with E-state index in [9.17, 15) is 14.4 Å². The van der Waals surface area contributed by atoms with Crippen LogP contribution in [0.4, 0.5) is 0 Å². The number of likely N-dealkylation sites (tertiary alicyclic amines) is 1. The van der Waals surface area contributed by atoms with Gasteiger partial charge in [-0.25, -0.2) is 0 Å². The zero-order valence-corrected chi connectivity index (χ0v) is 19.8. The lowest BCUT2D eigenvalue weighted by atomic mass is 9.85. The maximum absolute atomic E-state index is 13.6. The van der Waals surface area contributed by atoms with Crippen molar-refractivity contribution < 1.29 is 33.5 Å². The Morgan fingerprint density at radius 1 is 1.06 bits per heavy atom. The number of aryl methyl sites for hydroxylation is 1. The van der Waals surface area contributed by atoms with Gasteiger partial charge in [-0.2, -0.15) is 0 Å². The minimum atomic E-state index is -1.14. The summed E-state index contributed by atoms with van der Waals surface area (Å²) in [4.78, 5) is 42.9. The maximum atomic E-state index is 13.6. The molecule has 1 amide bonds. The number of nitrogens with one attached hydrogen (secondary N) is 1. The van der Waals surface area contributed by atoms with Crippen molar-refractivity contribution in [3.8, 4) is 11.5 Å². The lowest BCUT2D eigenvalue weighted by molar-refractivity contribution is -0.907. The highest BCUT2D eigenvalue weighted by atomic mass is 16.5. The molecule has 0 aliphatic carbocycles. The molecule has 2 aliphatic heterocycles. The number of Topliss-reactive ketones (excluding diaryl/α,β-unsaturated/α-hetero) is 2. The Bertz CT molecular complexity index is 1060. The highest BCUT2D eigenvalue weighted by molar-refractivity contribution is 6.44. The molecule has 2 atom stereocenters. The van der Waals surface area contributed by atoms with E-state index in [2.05, 4.69) is 0 Å². The Kier molecular flexibility index (Phi) is 7.29. The zero-order valence-electron chi connectivity index (χ0n) is 19.8. The van der Waals surface area contributed by atoms with Crippen LogP contribution in [0.15, 0.2) is 42.5 Å². The van der Waals surface area contributed by atoms with Gasteiger partial charge in [0, 0.05) is 17.2 Å². The molecule has 2 unspecified atom stereocenters. The van der Waals surface area contributed by atoms with Gasteiger partial charge in [0.25, 0.3) is 5.91 Å². The third-order valence-electron chi connectivity index (χ3n) is 6.69. The Hall–Kier alpha value is -3.23. The normalized spacial score (nSPS) is 21.1. The summed E-state index contributed by atoms with van der Waals surface area (Å²) >= 11 is 0. The topological polar surface area (TPSA) is 86.6 Å². The second kappa shape index (κ2) is 10.4. The van der Waals surface area contributed by atoms with Crippen LogP contribution in [0.5, 0.6) is 11.5 Å². The average Bonchev–Trinajstić information content (AvgIpc) is 3.12. The Morgan fingerprint density at radius 2 is 1.76 bits per heavy atom.